The van der Waals surface area contributed by atoms with Crippen molar-refractivity contribution in [1.29, 1.82) is 0 Å². The number of hydrogen-bond acceptors (Lipinski definition) is 5. The van der Waals surface area contributed by atoms with Crippen LogP contribution < -0.4 is 11.1 Å². The number of carbonyl (C=O) groups is 2. The second-order valence-electron chi connectivity index (χ2n) is 7.84. The number of thiophene rings is 1. The second-order valence-corrected chi connectivity index (χ2v) is 8.86. The molecule has 3 heterocycles. The van der Waals surface area contributed by atoms with Crippen LogP contribution in [-0.2, 0) is 23.2 Å². The number of amides is 2. The molecule has 2 aromatic heterocycles. The SMILES string of the molecule is CC1(C)Cc2c(sc(NC(=O)c3cn[nH]c3CC(F)F)c2C(N)=O)C(C)(C)O1. The van der Waals surface area contributed by atoms with E-state index >= 15 is 0 Å². The minimum atomic E-state index is -2.62. The molecule has 2 amide bonds. The lowest BCUT2D eigenvalue weighted by Gasteiger charge is -2.41. The van der Waals surface area contributed by atoms with Crippen LogP contribution in [0.15, 0.2) is 6.20 Å². The van der Waals surface area contributed by atoms with E-state index in [4.69, 9.17) is 10.5 Å². The third-order valence-corrected chi connectivity index (χ3v) is 5.94. The number of fused-ring (bicyclic) bond motifs is 1. The summed E-state index contributed by atoms with van der Waals surface area (Å²) >= 11 is 1.21. The summed E-state index contributed by atoms with van der Waals surface area (Å²) in [7, 11) is 0. The molecule has 4 N–H and O–H groups in total. The van der Waals surface area contributed by atoms with Crippen LogP contribution in [0.1, 0.15) is 64.5 Å². The molecular weight excluding hydrogens is 390 g/mol. The first-order chi connectivity index (χ1) is 12.9. The Labute approximate surface area is 164 Å². The third kappa shape index (κ3) is 3.79. The topological polar surface area (TPSA) is 110 Å². The van der Waals surface area contributed by atoms with Gasteiger partial charge in [0, 0.05) is 11.3 Å². The standard InChI is InChI=1S/C18H22F2N4O3S/c1-17(2)6-8-12(14(21)25)16(28-13(8)18(3,4)27-17)23-15(26)9-7-22-24-10(9)5-11(19)20/h7,11H,5-6H2,1-4H3,(H2,21,25)(H,22,24)(H,23,26). The largest absolute Gasteiger partial charge is 0.365 e. The summed E-state index contributed by atoms with van der Waals surface area (Å²) in [5, 5.41) is 9.02. The van der Waals surface area contributed by atoms with Crippen LogP contribution in [0, 0.1) is 0 Å². The number of ether oxygens (including phenoxy) is 1. The molecule has 3 rings (SSSR count). The number of anilines is 1. The molecule has 10 heteroatoms. The number of halogens is 2. The Kier molecular flexibility index (Phi) is 5.05. The monoisotopic (exact) mass is 412 g/mol. The molecular formula is C18H22F2N4O3S. The zero-order valence-electron chi connectivity index (χ0n) is 16.0. The quantitative estimate of drug-likeness (QED) is 0.700. The molecule has 0 atom stereocenters. The Balaban J connectivity index is 2.00. The molecule has 7 nitrogen and oxygen atoms in total. The van der Waals surface area contributed by atoms with Crippen molar-refractivity contribution in [2.24, 2.45) is 5.73 Å². The summed E-state index contributed by atoms with van der Waals surface area (Å²) in [5.74, 6) is -1.30. The van der Waals surface area contributed by atoms with Gasteiger partial charge in [0.2, 0.25) is 6.43 Å². The van der Waals surface area contributed by atoms with E-state index in [0.717, 1.165) is 10.4 Å². The Morgan fingerprint density at radius 3 is 2.68 bits per heavy atom. The van der Waals surface area contributed by atoms with Gasteiger partial charge in [-0.25, -0.2) is 8.78 Å². The smallest absolute Gasteiger partial charge is 0.259 e. The highest BCUT2D eigenvalue weighted by Crippen LogP contribution is 2.48. The maximum absolute atomic E-state index is 12.7. The van der Waals surface area contributed by atoms with Crippen LogP contribution in [0.25, 0.3) is 0 Å². The van der Waals surface area contributed by atoms with E-state index in [2.05, 4.69) is 15.5 Å². The number of nitrogens with one attached hydrogen (secondary N) is 2. The van der Waals surface area contributed by atoms with Crippen LogP contribution in [0.4, 0.5) is 13.8 Å². The molecule has 0 saturated heterocycles. The average molecular weight is 412 g/mol. The lowest BCUT2D eigenvalue weighted by Crippen LogP contribution is -2.42. The van der Waals surface area contributed by atoms with Gasteiger partial charge in [-0.05, 0) is 33.3 Å². The summed E-state index contributed by atoms with van der Waals surface area (Å²) in [6, 6.07) is 0. The van der Waals surface area contributed by atoms with Crippen molar-refractivity contribution in [2.75, 3.05) is 5.32 Å². The molecule has 0 saturated carbocycles. The minimum Gasteiger partial charge on any atom is -0.365 e. The number of H-pyrrole nitrogens is 1. The van der Waals surface area contributed by atoms with Crippen molar-refractivity contribution in [3.8, 4) is 0 Å². The molecule has 0 unspecified atom stereocenters. The van der Waals surface area contributed by atoms with Crippen LogP contribution in [0.3, 0.4) is 0 Å². The summed E-state index contributed by atoms with van der Waals surface area (Å²) < 4.78 is 31.5. The highest BCUT2D eigenvalue weighted by Gasteiger charge is 2.43. The zero-order valence-corrected chi connectivity index (χ0v) is 16.8. The summed E-state index contributed by atoms with van der Waals surface area (Å²) in [6.45, 7) is 7.60. The van der Waals surface area contributed by atoms with Gasteiger partial charge >= 0.3 is 0 Å². The van der Waals surface area contributed by atoms with Gasteiger partial charge in [-0.3, -0.25) is 14.7 Å². The fourth-order valence-electron chi connectivity index (χ4n) is 3.66. The van der Waals surface area contributed by atoms with Gasteiger partial charge in [0.25, 0.3) is 11.8 Å². The average Bonchev–Trinajstić information content (AvgIpc) is 3.09. The molecule has 1 aliphatic rings. The maximum atomic E-state index is 12.7. The first-order valence-corrected chi connectivity index (χ1v) is 9.51. The fraction of sp³-hybridized carbons (Fsp3) is 0.500. The molecule has 0 radical (unpaired) electrons. The number of hydrogen-bond donors (Lipinski definition) is 3. The minimum absolute atomic E-state index is 0.00191. The van der Waals surface area contributed by atoms with Crippen LogP contribution in [0.5, 0.6) is 0 Å². The highest BCUT2D eigenvalue weighted by atomic mass is 32.1. The molecule has 0 spiro atoms. The number of aromatic nitrogens is 2. The Morgan fingerprint density at radius 2 is 2.07 bits per heavy atom. The third-order valence-electron chi connectivity index (χ3n) is 4.48. The number of rotatable bonds is 5. The Bertz CT molecular complexity index is 933. The van der Waals surface area contributed by atoms with E-state index < -0.39 is 35.9 Å². The summed E-state index contributed by atoms with van der Waals surface area (Å²) in [6.07, 6.45) is -1.61. The second kappa shape index (κ2) is 6.93. The van der Waals surface area contributed by atoms with Crippen molar-refractivity contribution in [1.82, 2.24) is 10.2 Å². The van der Waals surface area contributed by atoms with Gasteiger partial charge in [-0.2, -0.15) is 5.10 Å². The number of carbonyl (C=O) groups excluding carboxylic acids is 2. The Morgan fingerprint density at radius 1 is 1.39 bits per heavy atom. The Hall–Kier alpha value is -2.33. The van der Waals surface area contributed by atoms with Gasteiger partial charge in [0.15, 0.2) is 0 Å². The number of alkyl halides is 2. The summed E-state index contributed by atoms with van der Waals surface area (Å²) in [4.78, 5) is 25.6. The molecule has 0 aliphatic carbocycles. The van der Waals surface area contributed by atoms with Gasteiger partial charge in [-0.1, -0.05) is 0 Å². The molecule has 2 aromatic rings. The van der Waals surface area contributed by atoms with Crippen LogP contribution in [0.2, 0.25) is 0 Å². The number of nitrogens with zero attached hydrogens (tertiary/aromatic N) is 1. The van der Waals surface area contributed by atoms with Crippen molar-refractivity contribution >= 4 is 28.2 Å². The molecule has 0 fully saturated rings. The number of nitrogens with two attached hydrogens (primary N) is 1. The first-order valence-electron chi connectivity index (χ1n) is 8.69. The van der Waals surface area contributed by atoms with E-state index in [1.54, 1.807) is 0 Å². The predicted octanol–water partition coefficient (Wildman–Crippen LogP) is 3.22. The van der Waals surface area contributed by atoms with Gasteiger partial charge in [-0.15, -0.1) is 11.3 Å². The van der Waals surface area contributed by atoms with Crippen molar-refractivity contribution < 1.29 is 23.1 Å². The zero-order chi connectivity index (χ0) is 20.9. The predicted molar refractivity (Wildman–Crippen MR) is 101 cm³/mol. The molecule has 28 heavy (non-hydrogen) atoms. The first kappa shape index (κ1) is 20.4. The van der Waals surface area contributed by atoms with Crippen LogP contribution in [-0.4, -0.2) is 34.0 Å². The fourth-order valence-corrected chi connectivity index (χ4v) is 4.92. The van der Waals surface area contributed by atoms with Gasteiger partial charge < -0.3 is 15.8 Å². The highest BCUT2D eigenvalue weighted by molar-refractivity contribution is 7.17. The van der Waals surface area contributed by atoms with E-state index in [1.165, 1.54) is 17.5 Å². The van der Waals surface area contributed by atoms with E-state index in [1.807, 2.05) is 27.7 Å². The molecule has 0 aromatic carbocycles. The van der Waals surface area contributed by atoms with E-state index in [9.17, 15) is 18.4 Å². The van der Waals surface area contributed by atoms with Gasteiger partial charge in [0.1, 0.15) is 5.00 Å². The molecule has 152 valence electrons. The number of primary amides is 1. The van der Waals surface area contributed by atoms with Crippen molar-refractivity contribution in [3.05, 3.63) is 33.5 Å². The lowest BCUT2D eigenvalue weighted by atomic mass is 9.86. The van der Waals surface area contributed by atoms with Crippen molar-refractivity contribution in [2.45, 2.75) is 58.2 Å². The number of aromatic amines is 1. The maximum Gasteiger partial charge on any atom is 0.259 e. The lowest BCUT2D eigenvalue weighted by molar-refractivity contribution is -0.135. The summed E-state index contributed by atoms with van der Waals surface area (Å²) in [5.41, 5.74) is 5.42. The normalized spacial score (nSPS) is 17.4. The van der Waals surface area contributed by atoms with E-state index in [0.29, 0.717) is 6.42 Å². The molecule has 0 bridgehead atoms. The molecule has 1 aliphatic heterocycles. The van der Waals surface area contributed by atoms with Gasteiger partial charge in [0.05, 0.1) is 40.6 Å². The van der Waals surface area contributed by atoms with E-state index in [-0.39, 0.29) is 21.8 Å². The van der Waals surface area contributed by atoms with Crippen molar-refractivity contribution in [3.63, 3.8) is 0 Å². The van der Waals surface area contributed by atoms with Crippen LogP contribution >= 0.6 is 11.3 Å².